The summed E-state index contributed by atoms with van der Waals surface area (Å²) in [6, 6.07) is 0. The molecule has 0 aromatic carbocycles. The zero-order valence-electron chi connectivity index (χ0n) is 10.3. The van der Waals surface area contributed by atoms with E-state index in [1.165, 1.54) is 4.80 Å². The van der Waals surface area contributed by atoms with Crippen molar-refractivity contribution in [3.05, 3.63) is 5.82 Å². The fourth-order valence-corrected chi connectivity index (χ4v) is 1.27. The van der Waals surface area contributed by atoms with E-state index in [1.54, 1.807) is 7.05 Å². The molecule has 5 heteroatoms. The highest BCUT2D eigenvalue weighted by molar-refractivity contribution is 4.81. The van der Waals surface area contributed by atoms with Gasteiger partial charge in [0, 0.05) is 12.0 Å². The minimum absolute atomic E-state index is 0.171. The van der Waals surface area contributed by atoms with E-state index < -0.39 is 0 Å². The van der Waals surface area contributed by atoms with Crippen LogP contribution < -0.4 is 5.32 Å². The molecule has 0 fully saturated rings. The first kappa shape index (κ1) is 12.1. The molecule has 0 aliphatic rings. The van der Waals surface area contributed by atoms with Crippen LogP contribution in [0.3, 0.4) is 0 Å². The highest BCUT2D eigenvalue weighted by Crippen LogP contribution is 2.05. The average Bonchev–Trinajstić information content (AvgIpc) is 2.47. The number of hydrogen-bond acceptors (Lipinski definition) is 4. The van der Waals surface area contributed by atoms with Crippen molar-refractivity contribution in [3.63, 3.8) is 0 Å². The second-order valence-corrected chi connectivity index (χ2v) is 5.14. The largest absolute Gasteiger partial charge is 0.312 e. The molecule has 15 heavy (non-hydrogen) atoms. The third-order valence-electron chi connectivity index (χ3n) is 2.06. The van der Waals surface area contributed by atoms with E-state index in [0.717, 1.165) is 18.8 Å². The van der Waals surface area contributed by atoms with Crippen LogP contribution in [0.2, 0.25) is 0 Å². The number of nitrogens with zero attached hydrogens (tertiary/aromatic N) is 4. The lowest BCUT2D eigenvalue weighted by Crippen LogP contribution is -2.39. The smallest absolute Gasteiger partial charge is 0.175 e. The molecule has 1 aromatic rings. The number of rotatable bonds is 4. The fraction of sp³-hybridized carbons (Fsp3) is 0.900. The van der Waals surface area contributed by atoms with Crippen molar-refractivity contribution in [2.45, 2.75) is 39.7 Å². The molecule has 5 nitrogen and oxygen atoms in total. The zero-order chi connectivity index (χ0) is 11.5. The maximum absolute atomic E-state index is 4.16. The molecule has 86 valence electrons. The Hall–Kier alpha value is -0.970. The van der Waals surface area contributed by atoms with E-state index in [4.69, 9.17) is 0 Å². The van der Waals surface area contributed by atoms with Crippen LogP contribution in [-0.4, -0.2) is 32.3 Å². The Morgan fingerprint density at radius 3 is 2.53 bits per heavy atom. The molecule has 0 aliphatic carbocycles. The van der Waals surface area contributed by atoms with Crippen molar-refractivity contribution in [2.24, 2.45) is 13.0 Å². The van der Waals surface area contributed by atoms with Crippen molar-refractivity contribution >= 4 is 0 Å². The van der Waals surface area contributed by atoms with Crippen LogP contribution in [0, 0.1) is 5.92 Å². The van der Waals surface area contributed by atoms with Gasteiger partial charge in [-0.1, -0.05) is 6.92 Å². The van der Waals surface area contributed by atoms with Crippen LogP contribution in [0.4, 0.5) is 0 Å². The molecule has 1 heterocycles. The van der Waals surface area contributed by atoms with Crippen LogP contribution >= 0.6 is 0 Å². The fourth-order valence-electron chi connectivity index (χ4n) is 1.27. The highest BCUT2D eigenvalue weighted by atomic mass is 15.6. The van der Waals surface area contributed by atoms with E-state index in [2.05, 4.69) is 48.4 Å². The number of aromatic nitrogens is 4. The summed E-state index contributed by atoms with van der Waals surface area (Å²) in [6.45, 7) is 9.66. The Morgan fingerprint density at radius 2 is 2.07 bits per heavy atom. The molecular weight excluding hydrogens is 190 g/mol. The molecule has 0 bridgehead atoms. The van der Waals surface area contributed by atoms with Gasteiger partial charge in [-0.3, -0.25) is 0 Å². The molecule has 1 N–H and O–H groups in total. The molecule has 0 aliphatic heterocycles. The summed E-state index contributed by atoms with van der Waals surface area (Å²) < 4.78 is 0. The van der Waals surface area contributed by atoms with Gasteiger partial charge in [0.05, 0.1) is 7.05 Å². The molecule has 0 saturated carbocycles. The summed E-state index contributed by atoms with van der Waals surface area (Å²) in [4.78, 5) is 1.50. The topological polar surface area (TPSA) is 55.6 Å². The highest BCUT2D eigenvalue weighted by Gasteiger charge is 2.13. The minimum Gasteiger partial charge on any atom is -0.312 e. The van der Waals surface area contributed by atoms with Gasteiger partial charge in [0.15, 0.2) is 5.82 Å². The molecule has 1 rings (SSSR count). The van der Waals surface area contributed by atoms with Gasteiger partial charge >= 0.3 is 0 Å². The van der Waals surface area contributed by atoms with Gasteiger partial charge in [0.1, 0.15) is 0 Å². The lowest BCUT2D eigenvalue weighted by atomic mass is 10.0. The van der Waals surface area contributed by atoms with E-state index >= 15 is 0 Å². The first-order valence-corrected chi connectivity index (χ1v) is 5.35. The predicted octanol–water partition coefficient (Wildman–Crippen LogP) is 0.777. The van der Waals surface area contributed by atoms with Gasteiger partial charge in [-0.15, -0.1) is 10.2 Å². The van der Waals surface area contributed by atoms with Crippen molar-refractivity contribution < 1.29 is 0 Å². The molecule has 0 saturated heterocycles. The molecular formula is C10H21N5. The van der Waals surface area contributed by atoms with Crippen molar-refractivity contribution in [1.29, 1.82) is 0 Å². The van der Waals surface area contributed by atoms with Crippen LogP contribution in [0.25, 0.3) is 0 Å². The molecule has 0 amide bonds. The quantitative estimate of drug-likeness (QED) is 0.799. The SMILES string of the molecule is CC(CNC(C)(C)C)Cc1nnn(C)n1. The lowest BCUT2D eigenvalue weighted by Gasteiger charge is -2.22. The van der Waals surface area contributed by atoms with Gasteiger partial charge in [0.2, 0.25) is 0 Å². The Bertz CT molecular complexity index is 299. The summed E-state index contributed by atoms with van der Waals surface area (Å²) in [5.74, 6) is 1.34. The van der Waals surface area contributed by atoms with Gasteiger partial charge in [0.25, 0.3) is 0 Å². The number of tetrazole rings is 1. The Morgan fingerprint density at radius 1 is 1.40 bits per heavy atom. The first-order chi connectivity index (χ1) is 6.87. The van der Waals surface area contributed by atoms with Crippen molar-refractivity contribution in [1.82, 2.24) is 25.5 Å². The molecule has 0 spiro atoms. The van der Waals surface area contributed by atoms with Crippen molar-refractivity contribution in [3.8, 4) is 0 Å². The zero-order valence-corrected chi connectivity index (χ0v) is 10.3. The molecule has 1 aromatic heterocycles. The standard InChI is InChI=1S/C10H21N5/c1-8(7-11-10(2,3)4)6-9-12-14-15(5)13-9/h8,11H,6-7H2,1-5H3. The molecule has 1 unspecified atom stereocenters. The monoisotopic (exact) mass is 211 g/mol. The minimum atomic E-state index is 0.171. The van der Waals surface area contributed by atoms with Crippen LogP contribution in [0.1, 0.15) is 33.5 Å². The van der Waals surface area contributed by atoms with Crippen LogP contribution in [0.15, 0.2) is 0 Å². The number of aryl methyl sites for hydroxylation is 1. The van der Waals surface area contributed by atoms with E-state index in [1.807, 2.05) is 0 Å². The first-order valence-electron chi connectivity index (χ1n) is 5.35. The van der Waals surface area contributed by atoms with Gasteiger partial charge in [-0.2, -0.15) is 4.80 Å². The summed E-state index contributed by atoms with van der Waals surface area (Å²) in [5, 5.41) is 15.4. The second-order valence-electron chi connectivity index (χ2n) is 5.14. The average molecular weight is 211 g/mol. The van der Waals surface area contributed by atoms with Crippen molar-refractivity contribution in [2.75, 3.05) is 6.54 Å². The predicted molar refractivity (Wildman–Crippen MR) is 59.4 cm³/mol. The van der Waals surface area contributed by atoms with E-state index in [9.17, 15) is 0 Å². The summed E-state index contributed by atoms with van der Waals surface area (Å²) in [6.07, 6.45) is 0.872. The molecule has 1 atom stereocenters. The lowest BCUT2D eigenvalue weighted by molar-refractivity contribution is 0.379. The number of hydrogen-bond donors (Lipinski definition) is 1. The Balaban J connectivity index is 2.33. The summed E-state index contributed by atoms with van der Waals surface area (Å²) in [5.41, 5.74) is 0.171. The maximum atomic E-state index is 4.16. The van der Waals surface area contributed by atoms with Crippen LogP contribution in [-0.2, 0) is 13.5 Å². The third kappa shape index (κ3) is 4.88. The second kappa shape index (κ2) is 4.70. The van der Waals surface area contributed by atoms with E-state index in [-0.39, 0.29) is 5.54 Å². The van der Waals surface area contributed by atoms with Gasteiger partial charge < -0.3 is 5.32 Å². The molecule has 0 radical (unpaired) electrons. The Kier molecular flexibility index (Phi) is 3.79. The number of nitrogens with one attached hydrogen (secondary N) is 1. The normalized spacial score (nSPS) is 14.2. The van der Waals surface area contributed by atoms with Gasteiger partial charge in [-0.25, -0.2) is 0 Å². The summed E-state index contributed by atoms with van der Waals surface area (Å²) in [7, 11) is 1.79. The maximum Gasteiger partial charge on any atom is 0.175 e. The van der Waals surface area contributed by atoms with Gasteiger partial charge in [-0.05, 0) is 38.4 Å². The summed E-state index contributed by atoms with van der Waals surface area (Å²) >= 11 is 0. The van der Waals surface area contributed by atoms with Crippen LogP contribution in [0.5, 0.6) is 0 Å². The third-order valence-corrected chi connectivity index (χ3v) is 2.06. The Labute approximate surface area is 91.2 Å². The van der Waals surface area contributed by atoms with E-state index in [0.29, 0.717) is 5.92 Å².